The standard InChI is InChI=1S/C13H12F4O5S/c1-4-6(22-13(18)5(2)3)7-8(14)10(16)12(23(19,20)21)11(17)9(7)15/h6H,2,4H2,1,3H3,(H,19,20,21). The summed E-state index contributed by atoms with van der Waals surface area (Å²) in [6.45, 7) is 5.79. The number of ether oxygens (including phenoxy) is 1. The Balaban J connectivity index is 3.61. The van der Waals surface area contributed by atoms with Crippen molar-refractivity contribution in [1.82, 2.24) is 0 Å². The average Bonchev–Trinajstić information content (AvgIpc) is 2.42. The first kappa shape index (κ1) is 19.1. The van der Waals surface area contributed by atoms with Crippen molar-refractivity contribution in [2.45, 2.75) is 31.3 Å². The molecule has 5 nitrogen and oxygen atoms in total. The van der Waals surface area contributed by atoms with Crippen molar-refractivity contribution in [2.24, 2.45) is 0 Å². The quantitative estimate of drug-likeness (QED) is 0.288. The Labute approximate surface area is 129 Å². The molecule has 0 spiro atoms. The van der Waals surface area contributed by atoms with Gasteiger partial charge in [-0.25, -0.2) is 22.4 Å². The largest absolute Gasteiger partial charge is 0.454 e. The van der Waals surface area contributed by atoms with Crippen molar-refractivity contribution < 1.29 is 40.1 Å². The van der Waals surface area contributed by atoms with Crippen molar-refractivity contribution in [2.75, 3.05) is 0 Å². The zero-order valence-corrected chi connectivity index (χ0v) is 12.8. The van der Waals surface area contributed by atoms with Gasteiger partial charge in [-0.15, -0.1) is 0 Å². The van der Waals surface area contributed by atoms with E-state index in [1.54, 1.807) is 0 Å². The molecule has 0 aliphatic rings. The second-order valence-electron chi connectivity index (χ2n) is 4.56. The summed E-state index contributed by atoms with van der Waals surface area (Å²) in [6.07, 6.45) is -1.99. The summed E-state index contributed by atoms with van der Waals surface area (Å²) in [7, 11) is -5.55. The lowest BCUT2D eigenvalue weighted by Gasteiger charge is -2.19. The van der Waals surface area contributed by atoms with Crippen LogP contribution in [-0.4, -0.2) is 18.9 Å². The third-order valence-electron chi connectivity index (χ3n) is 2.81. The molecule has 0 aliphatic heterocycles. The number of carbonyl (C=O) groups excluding carboxylic acids is 1. The maximum Gasteiger partial charge on any atom is 0.333 e. The Hall–Kier alpha value is -1.94. The van der Waals surface area contributed by atoms with Crippen molar-refractivity contribution >= 4 is 16.1 Å². The molecule has 1 atom stereocenters. The minimum atomic E-state index is -5.55. The predicted molar refractivity (Wildman–Crippen MR) is 70.0 cm³/mol. The van der Waals surface area contributed by atoms with Crippen LogP contribution in [0.15, 0.2) is 17.0 Å². The van der Waals surface area contributed by atoms with E-state index in [1.165, 1.54) is 13.8 Å². The first-order valence-electron chi connectivity index (χ1n) is 6.13. The number of esters is 1. The molecule has 1 aromatic carbocycles. The van der Waals surface area contributed by atoms with Gasteiger partial charge in [-0.1, -0.05) is 13.5 Å². The molecule has 1 aromatic rings. The summed E-state index contributed by atoms with van der Waals surface area (Å²) >= 11 is 0. The first-order valence-corrected chi connectivity index (χ1v) is 7.57. The van der Waals surface area contributed by atoms with E-state index in [2.05, 4.69) is 11.3 Å². The van der Waals surface area contributed by atoms with Gasteiger partial charge in [0.25, 0.3) is 0 Å². The normalized spacial score (nSPS) is 12.8. The van der Waals surface area contributed by atoms with Gasteiger partial charge in [-0.2, -0.15) is 8.42 Å². The number of halogens is 4. The zero-order chi connectivity index (χ0) is 18.1. The van der Waals surface area contributed by atoms with E-state index in [0.29, 0.717) is 0 Å². The fraction of sp³-hybridized carbons (Fsp3) is 0.308. The fourth-order valence-corrected chi connectivity index (χ4v) is 2.35. The highest BCUT2D eigenvalue weighted by molar-refractivity contribution is 7.85. The molecule has 0 saturated heterocycles. The Morgan fingerprint density at radius 3 is 1.91 bits per heavy atom. The Kier molecular flexibility index (Phi) is 5.54. The van der Waals surface area contributed by atoms with Gasteiger partial charge in [-0.05, 0) is 13.3 Å². The van der Waals surface area contributed by atoms with Crippen LogP contribution in [0.3, 0.4) is 0 Å². The first-order chi connectivity index (χ1) is 10.4. The lowest BCUT2D eigenvalue weighted by atomic mass is 10.0. The second kappa shape index (κ2) is 6.67. The summed E-state index contributed by atoms with van der Waals surface area (Å²) in [4.78, 5) is 9.26. The van der Waals surface area contributed by atoms with Crippen LogP contribution in [-0.2, 0) is 19.6 Å². The summed E-state index contributed by atoms with van der Waals surface area (Å²) in [5.74, 6) is -9.86. The lowest BCUT2D eigenvalue weighted by molar-refractivity contribution is -0.145. The molecular weight excluding hydrogens is 344 g/mol. The van der Waals surface area contributed by atoms with Crippen molar-refractivity contribution in [3.8, 4) is 0 Å². The number of carbonyl (C=O) groups is 1. The third-order valence-corrected chi connectivity index (χ3v) is 3.68. The van der Waals surface area contributed by atoms with Crippen molar-refractivity contribution in [3.63, 3.8) is 0 Å². The zero-order valence-electron chi connectivity index (χ0n) is 12.0. The molecule has 1 N–H and O–H groups in total. The van der Waals surface area contributed by atoms with Gasteiger partial charge in [0, 0.05) is 5.57 Å². The molecule has 1 unspecified atom stereocenters. The van der Waals surface area contributed by atoms with Crippen LogP contribution in [0.1, 0.15) is 31.9 Å². The van der Waals surface area contributed by atoms with Gasteiger partial charge in [0.2, 0.25) is 0 Å². The summed E-state index contributed by atoms with van der Waals surface area (Å²) in [5, 5.41) is 0. The van der Waals surface area contributed by atoms with Crippen LogP contribution >= 0.6 is 0 Å². The van der Waals surface area contributed by atoms with Gasteiger partial charge in [0.15, 0.2) is 28.2 Å². The van der Waals surface area contributed by atoms with E-state index in [1.807, 2.05) is 0 Å². The van der Waals surface area contributed by atoms with E-state index in [-0.39, 0.29) is 12.0 Å². The second-order valence-corrected chi connectivity index (χ2v) is 5.91. The predicted octanol–water partition coefficient (Wildman–Crippen LogP) is 3.06. The highest BCUT2D eigenvalue weighted by Gasteiger charge is 2.35. The van der Waals surface area contributed by atoms with Crippen molar-refractivity contribution in [3.05, 3.63) is 41.0 Å². The monoisotopic (exact) mass is 356 g/mol. The minimum absolute atomic E-state index is 0.125. The van der Waals surface area contributed by atoms with Crippen LogP contribution in [0.5, 0.6) is 0 Å². The van der Waals surface area contributed by atoms with Gasteiger partial charge in [0.05, 0.1) is 5.56 Å². The summed E-state index contributed by atoms with van der Waals surface area (Å²) < 4.78 is 90.4. The molecular formula is C13H12F4O5S. The van der Waals surface area contributed by atoms with Crippen LogP contribution in [0, 0.1) is 23.3 Å². The van der Waals surface area contributed by atoms with Gasteiger partial charge < -0.3 is 4.74 Å². The molecule has 0 radical (unpaired) electrons. The van der Waals surface area contributed by atoms with Crippen molar-refractivity contribution in [1.29, 1.82) is 0 Å². The number of rotatable bonds is 5. The Morgan fingerprint density at radius 2 is 1.61 bits per heavy atom. The molecule has 0 saturated carbocycles. The Bertz CT molecular complexity index is 744. The van der Waals surface area contributed by atoms with Crippen LogP contribution in [0.2, 0.25) is 0 Å². The molecule has 0 aliphatic carbocycles. The molecule has 128 valence electrons. The van der Waals surface area contributed by atoms with E-state index in [4.69, 9.17) is 4.55 Å². The summed E-state index contributed by atoms with van der Waals surface area (Å²) in [6, 6.07) is 0. The molecule has 0 amide bonds. The SMILES string of the molecule is C=C(C)C(=O)OC(CC)c1c(F)c(F)c(S(=O)(=O)O)c(F)c1F. The smallest absolute Gasteiger partial charge is 0.333 e. The highest BCUT2D eigenvalue weighted by Crippen LogP contribution is 2.34. The number of benzene rings is 1. The van der Waals surface area contributed by atoms with E-state index >= 15 is 0 Å². The molecule has 10 heteroatoms. The molecule has 0 fully saturated rings. The van der Waals surface area contributed by atoms with Gasteiger partial charge in [0.1, 0.15) is 6.10 Å². The maximum atomic E-state index is 14.0. The molecule has 0 aromatic heterocycles. The Morgan fingerprint density at radius 1 is 1.17 bits per heavy atom. The van der Waals surface area contributed by atoms with E-state index in [9.17, 15) is 30.8 Å². The van der Waals surface area contributed by atoms with E-state index < -0.39 is 55.9 Å². The van der Waals surface area contributed by atoms with Crippen LogP contribution in [0.25, 0.3) is 0 Å². The number of hydrogen-bond acceptors (Lipinski definition) is 4. The maximum absolute atomic E-state index is 14.0. The third kappa shape index (κ3) is 3.70. The average molecular weight is 356 g/mol. The fourth-order valence-electron chi connectivity index (χ4n) is 1.71. The topological polar surface area (TPSA) is 80.7 Å². The highest BCUT2D eigenvalue weighted by atomic mass is 32.2. The molecule has 1 rings (SSSR count). The van der Waals surface area contributed by atoms with Crippen LogP contribution < -0.4 is 0 Å². The summed E-state index contributed by atoms with van der Waals surface area (Å²) in [5.41, 5.74) is -1.43. The van der Waals surface area contributed by atoms with Crippen LogP contribution in [0.4, 0.5) is 17.6 Å². The lowest BCUT2D eigenvalue weighted by Crippen LogP contribution is -2.18. The molecule has 0 heterocycles. The van der Waals surface area contributed by atoms with E-state index in [0.717, 1.165) is 0 Å². The molecule has 0 bridgehead atoms. The minimum Gasteiger partial charge on any atom is -0.454 e. The van der Waals surface area contributed by atoms with Gasteiger partial charge >= 0.3 is 16.1 Å². The molecule has 23 heavy (non-hydrogen) atoms. The number of hydrogen-bond donors (Lipinski definition) is 1. The van der Waals surface area contributed by atoms with Gasteiger partial charge in [-0.3, -0.25) is 4.55 Å².